The number of hydrogen-bond donors (Lipinski definition) is 0. The van der Waals surface area contributed by atoms with Crippen LogP contribution in [-0.2, 0) is 11.3 Å². The van der Waals surface area contributed by atoms with Crippen LogP contribution in [0.25, 0.3) is 11.3 Å². The van der Waals surface area contributed by atoms with Gasteiger partial charge in [0.15, 0.2) is 0 Å². The minimum Gasteiger partial charge on any atom is -0.459 e. The first-order valence-corrected chi connectivity index (χ1v) is 9.89. The number of amides is 2. The van der Waals surface area contributed by atoms with Gasteiger partial charge in [0.2, 0.25) is 5.91 Å². The molecule has 0 radical (unpaired) electrons. The molecule has 0 spiro atoms. The molecule has 3 aromatic rings. The summed E-state index contributed by atoms with van der Waals surface area (Å²) in [4.78, 5) is 28.2. The molecule has 1 aromatic heterocycles. The maximum Gasteiger partial charge on any atom is 0.254 e. The van der Waals surface area contributed by atoms with Gasteiger partial charge in [0, 0.05) is 41.9 Å². The molecule has 5 nitrogen and oxygen atoms in total. The zero-order valence-electron chi connectivity index (χ0n) is 16.1. The van der Waals surface area contributed by atoms with E-state index in [9.17, 15) is 9.59 Å². The maximum atomic E-state index is 12.9. The molecule has 29 heavy (non-hydrogen) atoms. The Balaban J connectivity index is 1.46. The van der Waals surface area contributed by atoms with Crippen molar-refractivity contribution in [1.29, 1.82) is 0 Å². The average molecular weight is 409 g/mol. The summed E-state index contributed by atoms with van der Waals surface area (Å²) in [6.07, 6.45) is 1.41. The van der Waals surface area contributed by atoms with Crippen molar-refractivity contribution in [2.24, 2.45) is 0 Å². The molecule has 6 heteroatoms. The fourth-order valence-electron chi connectivity index (χ4n) is 3.49. The first kappa shape index (κ1) is 19.3. The van der Waals surface area contributed by atoms with Crippen LogP contribution >= 0.6 is 11.6 Å². The number of anilines is 1. The van der Waals surface area contributed by atoms with Gasteiger partial charge >= 0.3 is 0 Å². The van der Waals surface area contributed by atoms with Gasteiger partial charge in [0.05, 0.1) is 6.54 Å². The molecule has 0 bridgehead atoms. The number of carbonyl (C=O) groups excluding carboxylic acids is 2. The molecule has 0 unspecified atom stereocenters. The molecule has 1 fully saturated rings. The average Bonchev–Trinajstić information content (AvgIpc) is 3.37. The van der Waals surface area contributed by atoms with E-state index < -0.39 is 0 Å². The highest BCUT2D eigenvalue weighted by Gasteiger charge is 2.23. The summed E-state index contributed by atoms with van der Waals surface area (Å²) >= 11 is 5.93. The van der Waals surface area contributed by atoms with Crippen molar-refractivity contribution in [3.05, 3.63) is 77.0 Å². The number of nitrogens with zero attached hydrogens (tertiary/aromatic N) is 2. The summed E-state index contributed by atoms with van der Waals surface area (Å²) in [6.45, 7) is 1.05. The van der Waals surface area contributed by atoms with Gasteiger partial charge in [0.25, 0.3) is 5.91 Å². The lowest BCUT2D eigenvalue weighted by atomic mass is 10.1. The van der Waals surface area contributed by atoms with E-state index in [-0.39, 0.29) is 11.8 Å². The number of rotatable bonds is 5. The third kappa shape index (κ3) is 4.20. The standard InChI is InChI=1S/C23H21ClN2O3/c1-25(15-20-11-12-21(29-20)16-7-9-18(24)10-8-16)23(28)17-4-2-5-19(14-17)26-13-3-6-22(26)27/h2,4-5,7-12,14H,3,6,13,15H2,1H3. The number of halogens is 1. The Hall–Kier alpha value is -3.05. The number of furan rings is 1. The highest BCUT2D eigenvalue weighted by atomic mass is 35.5. The van der Waals surface area contributed by atoms with Gasteiger partial charge < -0.3 is 14.2 Å². The number of benzene rings is 2. The summed E-state index contributed by atoms with van der Waals surface area (Å²) in [6, 6.07) is 18.4. The Morgan fingerprint density at radius 1 is 1.14 bits per heavy atom. The quantitative estimate of drug-likeness (QED) is 0.597. The monoisotopic (exact) mass is 408 g/mol. The lowest BCUT2D eigenvalue weighted by Gasteiger charge is -2.19. The molecule has 0 saturated carbocycles. The lowest BCUT2D eigenvalue weighted by molar-refractivity contribution is -0.117. The van der Waals surface area contributed by atoms with E-state index in [0.29, 0.717) is 35.9 Å². The summed E-state index contributed by atoms with van der Waals surface area (Å²) in [5.74, 6) is 1.40. The second-order valence-corrected chi connectivity index (χ2v) is 7.57. The molecule has 2 aromatic carbocycles. The highest BCUT2D eigenvalue weighted by molar-refractivity contribution is 6.30. The molecule has 1 aliphatic heterocycles. The predicted octanol–water partition coefficient (Wildman–Crippen LogP) is 5.00. The highest BCUT2D eigenvalue weighted by Crippen LogP contribution is 2.25. The second kappa shape index (κ2) is 8.13. The molecule has 0 atom stereocenters. The van der Waals surface area contributed by atoms with Crippen molar-refractivity contribution in [2.45, 2.75) is 19.4 Å². The fourth-order valence-corrected chi connectivity index (χ4v) is 3.61. The third-order valence-corrected chi connectivity index (χ3v) is 5.26. The minimum atomic E-state index is -0.122. The van der Waals surface area contributed by atoms with Gasteiger partial charge in [-0.15, -0.1) is 0 Å². The van der Waals surface area contributed by atoms with Crippen molar-refractivity contribution >= 4 is 29.1 Å². The van der Waals surface area contributed by atoms with Crippen molar-refractivity contribution < 1.29 is 14.0 Å². The Kier molecular flexibility index (Phi) is 5.41. The Bertz CT molecular complexity index is 1040. The van der Waals surface area contributed by atoms with Gasteiger partial charge in [-0.05, 0) is 61.0 Å². The largest absolute Gasteiger partial charge is 0.459 e. The maximum absolute atomic E-state index is 12.9. The number of carbonyl (C=O) groups is 2. The first-order chi connectivity index (χ1) is 14.0. The van der Waals surface area contributed by atoms with Crippen LogP contribution in [0.15, 0.2) is 65.1 Å². The van der Waals surface area contributed by atoms with Crippen LogP contribution in [0.3, 0.4) is 0 Å². The minimum absolute atomic E-state index is 0.105. The molecule has 2 amide bonds. The number of hydrogen-bond acceptors (Lipinski definition) is 3. The molecular formula is C23H21ClN2O3. The van der Waals surface area contributed by atoms with Crippen LogP contribution in [0, 0.1) is 0 Å². The molecule has 0 aliphatic carbocycles. The van der Waals surface area contributed by atoms with Gasteiger partial charge in [-0.1, -0.05) is 17.7 Å². The third-order valence-electron chi connectivity index (χ3n) is 5.01. The van der Waals surface area contributed by atoms with Crippen LogP contribution < -0.4 is 4.90 Å². The van der Waals surface area contributed by atoms with E-state index in [0.717, 1.165) is 23.4 Å². The van der Waals surface area contributed by atoms with Gasteiger partial charge in [-0.25, -0.2) is 0 Å². The van der Waals surface area contributed by atoms with Crippen LogP contribution in [0.2, 0.25) is 5.02 Å². The Labute approximate surface area is 174 Å². The molecule has 1 saturated heterocycles. The summed E-state index contributed by atoms with van der Waals surface area (Å²) < 4.78 is 5.90. The molecule has 0 N–H and O–H groups in total. The van der Waals surface area contributed by atoms with Crippen LogP contribution in [-0.4, -0.2) is 30.3 Å². The second-order valence-electron chi connectivity index (χ2n) is 7.13. The van der Waals surface area contributed by atoms with Crippen molar-refractivity contribution in [3.63, 3.8) is 0 Å². The smallest absolute Gasteiger partial charge is 0.254 e. The summed E-state index contributed by atoms with van der Waals surface area (Å²) in [5.41, 5.74) is 2.25. The van der Waals surface area contributed by atoms with Crippen molar-refractivity contribution in [1.82, 2.24) is 4.90 Å². The normalized spacial score (nSPS) is 13.7. The van der Waals surface area contributed by atoms with Gasteiger partial charge in [-0.2, -0.15) is 0 Å². The van der Waals surface area contributed by atoms with Crippen LogP contribution in [0.5, 0.6) is 0 Å². The van der Waals surface area contributed by atoms with E-state index in [4.69, 9.17) is 16.0 Å². The molecule has 2 heterocycles. The predicted molar refractivity (Wildman–Crippen MR) is 113 cm³/mol. The topological polar surface area (TPSA) is 53.8 Å². The zero-order valence-corrected chi connectivity index (χ0v) is 16.9. The Morgan fingerprint density at radius 2 is 1.93 bits per heavy atom. The van der Waals surface area contributed by atoms with Gasteiger partial charge in [-0.3, -0.25) is 9.59 Å². The van der Waals surface area contributed by atoms with Crippen molar-refractivity contribution in [3.8, 4) is 11.3 Å². The van der Waals surface area contributed by atoms with E-state index >= 15 is 0 Å². The molecule has 148 valence electrons. The van der Waals surface area contributed by atoms with E-state index in [1.54, 1.807) is 29.0 Å². The van der Waals surface area contributed by atoms with Crippen LogP contribution in [0.4, 0.5) is 5.69 Å². The van der Waals surface area contributed by atoms with Gasteiger partial charge in [0.1, 0.15) is 11.5 Å². The molecular weight excluding hydrogens is 388 g/mol. The van der Waals surface area contributed by atoms with Crippen LogP contribution in [0.1, 0.15) is 29.0 Å². The lowest BCUT2D eigenvalue weighted by Crippen LogP contribution is -2.27. The molecule has 4 rings (SSSR count). The fraction of sp³-hybridized carbons (Fsp3) is 0.217. The molecule has 1 aliphatic rings. The van der Waals surface area contributed by atoms with Crippen molar-refractivity contribution in [2.75, 3.05) is 18.5 Å². The van der Waals surface area contributed by atoms with E-state index in [1.807, 2.05) is 48.5 Å². The first-order valence-electron chi connectivity index (χ1n) is 9.52. The summed E-state index contributed by atoms with van der Waals surface area (Å²) in [5, 5.41) is 0.670. The summed E-state index contributed by atoms with van der Waals surface area (Å²) in [7, 11) is 1.74. The SMILES string of the molecule is CN(Cc1ccc(-c2ccc(Cl)cc2)o1)C(=O)c1cccc(N2CCCC2=O)c1. The van der Waals surface area contributed by atoms with E-state index in [1.165, 1.54) is 0 Å². The zero-order chi connectivity index (χ0) is 20.4. The van der Waals surface area contributed by atoms with E-state index in [2.05, 4.69) is 0 Å². The Morgan fingerprint density at radius 3 is 2.66 bits per heavy atom.